The van der Waals surface area contributed by atoms with Gasteiger partial charge in [-0.15, -0.1) is 12.4 Å². The van der Waals surface area contributed by atoms with E-state index in [1.807, 2.05) is 0 Å². The van der Waals surface area contributed by atoms with E-state index in [9.17, 15) is 18.8 Å². The number of imide groups is 1. The Labute approximate surface area is 186 Å². The number of hydrogen-bond donors (Lipinski definition) is 1. The van der Waals surface area contributed by atoms with E-state index in [4.69, 9.17) is 0 Å². The molecule has 2 aliphatic rings. The smallest absolute Gasteiger partial charge is 0.261 e. The molecule has 0 atom stereocenters. The lowest BCUT2D eigenvalue weighted by molar-refractivity contribution is 0.0642. The Morgan fingerprint density at radius 2 is 1.65 bits per heavy atom. The molecule has 0 spiro atoms. The molecular formula is C23H25ClFN3O3. The maximum Gasteiger partial charge on any atom is 0.261 e. The third-order valence-electron chi connectivity index (χ3n) is 5.62. The first-order valence-electron chi connectivity index (χ1n) is 10.3. The number of halogens is 2. The summed E-state index contributed by atoms with van der Waals surface area (Å²) < 4.78 is 13.1. The van der Waals surface area contributed by atoms with Crippen molar-refractivity contribution >= 4 is 30.1 Å². The maximum absolute atomic E-state index is 13.1. The van der Waals surface area contributed by atoms with E-state index in [-0.39, 0.29) is 41.8 Å². The number of rotatable bonds is 7. The summed E-state index contributed by atoms with van der Waals surface area (Å²) in [4.78, 5) is 41.4. The Morgan fingerprint density at radius 3 is 2.35 bits per heavy atom. The van der Waals surface area contributed by atoms with Crippen LogP contribution in [-0.4, -0.2) is 53.7 Å². The van der Waals surface area contributed by atoms with Gasteiger partial charge in [0.15, 0.2) is 0 Å². The first kappa shape index (κ1) is 22.9. The van der Waals surface area contributed by atoms with E-state index in [2.05, 4.69) is 10.2 Å². The van der Waals surface area contributed by atoms with Gasteiger partial charge in [-0.05, 0) is 74.8 Å². The van der Waals surface area contributed by atoms with Gasteiger partial charge < -0.3 is 10.2 Å². The average molecular weight is 446 g/mol. The van der Waals surface area contributed by atoms with Crippen LogP contribution in [0.5, 0.6) is 0 Å². The lowest BCUT2D eigenvalue weighted by Gasteiger charge is -2.14. The predicted octanol–water partition coefficient (Wildman–Crippen LogP) is 3.26. The number of amides is 3. The van der Waals surface area contributed by atoms with Crippen LogP contribution in [0.3, 0.4) is 0 Å². The summed E-state index contributed by atoms with van der Waals surface area (Å²) in [6, 6.07) is 10.2. The molecule has 31 heavy (non-hydrogen) atoms. The maximum atomic E-state index is 13.1. The molecule has 164 valence electrons. The second-order valence-electron chi connectivity index (χ2n) is 7.74. The van der Waals surface area contributed by atoms with Crippen LogP contribution >= 0.6 is 12.4 Å². The van der Waals surface area contributed by atoms with Crippen LogP contribution in [0, 0.1) is 5.82 Å². The molecule has 6 nitrogen and oxygen atoms in total. The Bertz CT molecular complexity index is 975. The molecule has 0 radical (unpaired) electrons. The fraction of sp³-hybridized carbons (Fsp3) is 0.348. The topological polar surface area (TPSA) is 69.7 Å². The van der Waals surface area contributed by atoms with Crippen molar-refractivity contribution in [3.05, 3.63) is 70.5 Å². The van der Waals surface area contributed by atoms with Crippen LogP contribution in [0.15, 0.2) is 42.5 Å². The van der Waals surface area contributed by atoms with E-state index in [0.29, 0.717) is 17.7 Å². The summed E-state index contributed by atoms with van der Waals surface area (Å²) in [5.74, 6) is -1.48. The Balaban J connectivity index is 0.00000272. The van der Waals surface area contributed by atoms with Crippen molar-refractivity contribution in [3.8, 4) is 0 Å². The normalized spacial score (nSPS) is 15.7. The van der Waals surface area contributed by atoms with Crippen molar-refractivity contribution < 1.29 is 18.8 Å². The molecule has 0 bridgehead atoms. The number of hydrogen-bond acceptors (Lipinski definition) is 4. The van der Waals surface area contributed by atoms with Crippen molar-refractivity contribution in [3.63, 3.8) is 0 Å². The van der Waals surface area contributed by atoms with Crippen molar-refractivity contribution in [2.45, 2.75) is 25.8 Å². The molecule has 0 unspecified atom stereocenters. The molecule has 0 saturated carbocycles. The second kappa shape index (κ2) is 10.0. The molecule has 3 amide bonds. The van der Waals surface area contributed by atoms with Crippen LogP contribution in [-0.2, 0) is 6.54 Å². The standard InChI is InChI=1S/C23H24FN3O3.ClH/c24-18-7-4-16(5-8-18)15-27-22(29)19-9-6-17(14-20(19)23(27)30)21(28)25-10-3-13-26-11-1-2-12-26;/h4-9,14H,1-3,10-13,15H2,(H,25,28);1H. The minimum absolute atomic E-state index is 0. The highest BCUT2D eigenvalue weighted by Crippen LogP contribution is 2.25. The van der Waals surface area contributed by atoms with E-state index >= 15 is 0 Å². The van der Waals surface area contributed by atoms with Crippen molar-refractivity contribution in [1.29, 1.82) is 0 Å². The summed E-state index contributed by atoms with van der Waals surface area (Å²) in [7, 11) is 0. The number of carbonyl (C=O) groups is 3. The number of nitrogens with zero attached hydrogens (tertiary/aromatic N) is 2. The lowest BCUT2D eigenvalue weighted by atomic mass is 10.1. The van der Waals surface area contributed by atoms with Gasteiger partial charge >= 0.3 is 0 Å². The van der Waals surface area contributed by atoms with Gasteiger partial charge in [0.25, 0.3) is 17.7 Å². The van der Waals surface area contributed by atoms with Gasteiger partial charge in [-0.1, -0.05) is 12.1 Å². The molecule has 1 fully saturated rings. The van der Waals surface area contributed by atoms with Gasteiger partial charge in [0.1, 0.15) is 5.82 Å². The van der Waals surface area contributed by atoms with Crippen LogP contribution < -0.4 is 5.32 Å². The van der Waals surface area contributed by atoms with Crippen LogP contribution in [0.4, 0.5) is 4.39 Å². The summed E-state index contributed by atoms with van der Waals surface area (Å²) in [6.45, 7) is 3.85. The molecule has 0 aromatic heterocycles. The molecule has 2 heterocycles. The van der Waals surface area contributed by atoms with Crippen LogP contribution in [0.2, 0.25) is 0 Å². The molecule has 1 N–H and O–H groups in total. The average Bonchev–Trinajstić information content (AvgIpc) is 3.35. The van der Waals surface area contributed by atoms with Gasteiger partial charge in [0.05, 0.1) is 17.7 Å². The molecule has 8 heteroatoms. The zero-order valence-electron chi connectivity index (χ0n) is 17.1. The number of carbonyl (C=O) groups excluding carboxylic acids is 3. The van der Waals surface area contributed by atoms with Crippen LogP contribution in [0.25, 0.3) is 0 Å². The highest BCUT2D eigenvalue weighted by atomic mass is 35.5. The number of fused-ring (bicyclic) bond motifs is 1. The summed E-state index contributed by atoms with van der Waals surface area (Å²) in [5, 5.41) is 2.89. The highest BCUT2D eigenvalue weighted by Gasteiger charge is 2.36. The third-order valence-corrected chi connectivity index (χ3v) is 5.62. The van der Waals surface area contributed by atoms with Gasteiger partial charge in [-0.25, -0.2) is 4.39 Å². The minimum atomic E-state index is -0.442. The Morgan fingerprint density at radius 1 is 0.968 bits per heavy atom. The fourth-order valence-electron chi connectivity index (χ4n) is 3.96. The van der Waals surface area contributed by atoms with Gasteiger partial charge in [0, 0.05) is 12.1 Å². The molecule has 2 aromatic rings. The van der Waals surface area contributed by atoms with E-state index in [0.717, 1.165) is 31.0 Å². The zero-order valence-corrected chi connectivity index (χ0v) is 17.9. The molecule has 1 saturated heterocycles. The minimum Gasteiger partial charge on any atom is -0.352 e. The third kappa shape index (κ3) is 5.11. The van der Waals surface area contributed by atoms with Crippen molar-refractivity contribution in [2.75, 3.05) is 26.2 Å². The first-order valence-corrected chi connectivity index (χ1v) is 10.3. The summed E-state index contributed by atoms with van der Waals surface area (Å²) in [5.41, 5.74) is 1.53. The zero-order chi connectivity index (χ0) is 21.1. The Hall–Kier alpha value is -2.77. The predicted molar refractivity (Wildman–Crippen MR) is 117 cm³/mol. The van der Waals surface area contributed by atoms with E-state index in [1.54, 1.807) is 18.2 Å². The number of nitrogens with one attached hydrogen (secondary N) is 1. The Kier molecular flexibility index (Phi) is 7.41. The quantitative estimate of drug-likeness (QED) is 0.524. The van der Waals surface area contributed by atoms with Crippen molar-refractivity contribution in [1.82, 2.24) is 15.1 Å². The highest BCUT2D eigenvalue weighted by molar-refractivity contribution is 6.22. The fourth-order valence-corrected chi connectivity index (χ4v) is 3.96. The summed E-state index contributed by atoms with van der Waals surface area (Å²) >= 11 is 0. The monoisotopic (exact) mass is 445 g/mol. The van der Waals surface area contributed by atoms with Gasteiger partial charge in [-0.2, -0.15) is 0 Å². The number of likely N-dealkylation sites (tertiary alicyclic amines) is 1. The largest absolute Gasteiger partial charge is 0.352 e. The van der Waals surface area contributed by atoms with Crippen LogP contribution in [0.1, 0.15) is 55.9 Å². The molecule has 2 aliphatic heterocycles. The summed E-state index contributed by atoms with van der Waals surface area (Å²) in [6.07, 6.45) is 3.36. The second-order valence-corrected chi connectivity index (χ2v) is 7.74. The van der Waals surface area contributed by atoms with Crippen molar-refractivity contribution in [2.24, 2.45) is 0 Å². The molecule has 4 rings (SSSR count). The lowest BCUT2D eigenvalue weighted by Crippen LogP contribution is -2.29. The molecule has 0 aliphatic carbocycles. The SMILES string of the molecule is Cl.O=C(NCCCN1CCCC1)c1ccc2c(c1)C(=O)N(Cc1ccc(F)cc1)C2=O. The first-order chi connectivity index (χ1) is 14.5. The number of benzene rings is 2. The van der Waals surface area contributed by atoms with Gasteiger partial charge in [-0.3, -0.25) is 19.3 Å². The van der Waals surface area contributed by atoms with Gasteiger partial charge in [0.2, 0.25) is 0 Å². The molecular weight excluding hydrogens is 421 g/mol. The van der Waals surface area contributed by atoms with E-state index < -0.39 is 11.8 Å². The van der Waals surface area contributed by atoms with E-state index in [1.165, 1.54) is 37.1 Å². The molecule has 2 aromatic carbocycles.